The highest BCUT2D eigenvalue weighted by Gasteiger charge is 2.38. The van der Waals surface area contributed by atoms with Gasteiger partial charge in [-0.3, -0.25) is 4.79 Å². The van der Waals surface area contributed by atoms with Crippen LogP contribution in [0.2, 0.25) is 0 Å². The molecule has 3 nitrogen and oxygen atoms in total. The van der Waals surface area contributed by atoms with E-state index in [1.54, 1.807) is 6.92 Å². The lowest BCUT2D eigenvalue weighted by Crippen LogP contribution is -2.33. The van der Waals surface area contributed by atoms with Crippen molar-refractivity contribution in [2.45, 2.75) is 40.0 Å². The maximum absolute atomic E-state index is 12.1. The van der Waals surface area contributed by atoms with Crippen LogP contribution < -0.4 is 10.2 Å². The Kier molecular flexibility index (Phi) is 3.33. The average Bonchev–Trinajstić information content (AvgIpc) is 2.72. The van der Waals surface area contributed by atoms with E-state index in [0.717, 1.165) is 32.5 Å². The summed E-state index contributed by atoms with van der Waals surface area (Å²) in [4.78, 5) is 14.1. The monoisotopic (exact) mass is 272 g/mol. The topological polar surface area (TPSA) is 32.3 Å². The Bertz CT molecular complexity index is 544. The summed E-state index contributed by atoms with van der Waals surface area (Å²) >= 11 is 0. The third-order valence-electron chi connectivity index (χ3n) is 4.94. The third-order valence-corrected chi connectivity index (χ3v) is 4.94. The van der Waals surface area contributed by atoms with E-state index in [2.05, 4.69) is 31.3 Å². The van der Waals surface area contributed by atoms with Gasteiger partial charge in [-0.05, 0) is 56.2 Å². The Hall–Kier alpha value is -1.35. The number of rotatable bonds is 0. The average molecular weight is 272 g/mol. The molecule has 1 fully saturated rings. The molecule has 1 unspecified atom stereocenters. The summed E-state index contributed by atoms with van der Waals surface area (Å²) in [5.41, 5.74) is 5.41. The van der Waals surface area contributed by atoms with Crippen LogP contribution in [0.1, 0.15) is 36.5 Å². The second-order valence-electron chi connectivity index (χ2n) is 6.61. The first-order valence-electron chi connectivity index (χ1n) is 7.60. The molecule has 1 aromatic carbocycles. The lowest BCUT2D eigenvalue weighted by Gasteiger charge is -2.26. The largest absolute Gasteiger partial charge is 0.316 e. The normalized spacial score (nSPS) is 25.6. The molecule has 0 saturated carbocycles. The maximum atomic E-state index is 12.1. The first-order chi connectivity index (χ1) is 9.51. The second-order valence-corrected chi connectivity index (χ2v) is 6.61. The molecule has 0 bridgehead atoms. The Labute approximate surface area is 121 Å². The predicted octanol–water partition coefficient (Wildman–Crippen LogP) is 2.58. The van der Waals surface area contributed by atoms with Crippen LogP contribution in [0.5, 0.6) is 0 Å². The van der Waals surface area contributed by atoms with Gasteiger partial charge in [-0.1, -0.05) is 17.7 Å². The van der Waals surface area contributed by atoms with E-state index in [1.165, 1.54) is 28.8 Å². The molecule has 0 radical (unpaired) electrons. The van der Waals surface area contributed by atoms with Crippen LogP contribution in [0.25, 0.3) is 0 Å². The Morgan fingerprint density at radius 1 is 1.30 bits per heavy atom. The first-order valence-corrected chi connectivity index (χ1v) is 7.60. The molecular formula is C17H24N2O. The zero-order valence-electron chi connectivity index (χ0n) is 12.8. The number of hydrogen-bond acceptors (Lipinski definition) is 2. The van der Waals surface area contributed by atoms with Crippen LogP contribution >= 0.6 is 0 Å². The van der Waals surface area contributed by atoms with Crippen molar-refractivity contribution in [3.63, 3.8) is 0 Å². The molecule has 1 spiro atoms. The molecule has 2 aliphatic heterocycles. The number of anilines is 1. The molecule has 3 rings (SSSR count). The van der Waals surface area contributed by atoms with E-state index in [-0.39, 0.29) is 5.91 Å². The van der Waals surface area contributed by atoms with Gasteiger partial charge in [0.2, 0.25) is 5.91 Å². The number of carbonyl (C=O) groups is 1. The van der Waals surface area contributed by atoms with Crippen LogP contribution in [0.3, 0.4) is 0 Å². The summed E-state index contributed by atoms with van der Waals surface area (Å²) in [5.74, 6) is 0.168. The highest BCUT2D eigenvalue weighted by atomic mass is 16.2. The summed E-state index contributed by atoms with van der Waals surface area (Å²) in [6.07, 6.45) is 3.43. The summed E-state index contributed by atoms with van der Waals surface area (Å²) in [5, 5.41) is 3.51. The van der Waals surface area contributed by atoms with E-state index in [1.807, 2.05) is 4.90 Å². The van der Waals surface area contributed by atoms with E-state index in [4.69, 9.17) is 0 Å². The molecule has 0 aliphatic carbocycles. The van der Waals surface area contributed by atoms with Crippen molar-refractivity contribution in [3.05, 3.63) is 28.8 Å². The summed E-state index contributed by atoms with van der Waals surface area (Å²) in [6, 6.07) is 4.48. The number of fused-ring (bicyclic) bond motifs is 1. The molecule has 1 atom stereocenters. The summed E-state index contributed by atoms with van der Waals surface area (Å²) in [7, 11) is 0. The molecule has 1 saturated heterocycles. The Balaban J connectivity index is 2.10. The molecule has 20 heavy (non-hydrogen) atoms. The zero-order valence-corrected chi connectivity index (χ0v) is 12.8. The summed E-state index contributed by atoms with van der Waals surface area (Å²) < 4.78 is 0. The minimum Gasteiger partial charge on any atom is -0.316 e. The molecule has 3 heteroatoms. The van der Waals surface area contributed by atoms with Gasteiger partial charge >= 0.3 is 0 Å². The Morgan fingerprint density at radius 2 is 2.10 bits per heavy atom. The number of nitrogens with zero attached hydrogens (tertiary/aromatic N) is 1. The first kappa shape index (κ1) is 13.6. The van der Waals surface area contributed by atoms with Gasteiger partial charge in [-0.15, -0.1) is 0 Å². The van der Waals surface area contributed by atoms with Crippen molar-refractivity contribution >= 4 is 11.6 Å². The molecule has 0 aromatic heterocycles. The fourth-order valence-electron chi connectivity index (χ4n) is 4.00. The highest BCUT2D eigenvalue weighted by molar-refractivity contribution is 5.93. The number of carbonyl (C=O) groups excluding carboxylic acids is 1. The van der Waals surface area contributed by atoms with Gasteiger partial charge in [-0.2, -0.15) is 0 Å². The fraction of sp³-hybridized carbons (Fsp3) is 0.588. The molecule has 1 amide bonds. The highest BCUT2D eigenvalue weighted by Crippen LogP contribution is 2.41. The minimum absolute atomic E-state index is 0.168. The van der Waals surface area contributed by atoms with Gasteiger partial charge in [-0.25, -0.2) is 0 Å². The smallest absolute Gasteiger partial charge is 0.223 e. The molecule has 2 heterocycles. The van der Waals surface area contributed by atoms with Gasteiger partial charge < -0.3 is 10.2 Å². The number of aryl methyl sites for hydroxylation is 2. The lowest BCUT2D eigenvalue weighted by atomic mass is 9.78. The standard InChI is InChI=1S/C17H24N2O/c1-12-8-13(2)16-15(9-12)10-17(4-6-18-11-17)5-7-19(16)14(3)20/h8-9,18H,4-7,10-11H2,1-3H3. The zero-order chi connectivity index (χ0) is 14.3. The molecule has 1 N–H and O–H groups in total. The molecule has 108 valence electrons. The van der Waals surface area contributed by atoms with Crippen molar-refractivity contribution in [1.29, 1.82) is 0 Å². The molecular weight excluding hydrogens is 248 g/mol. The van der Waals surface area contributed by atoms with Gasteiger partial charge in [0.15, 0.2) is 0 Å². The van der Waals surface area contributed by atoms with Crippen LogP contribution in [0.4, 0.5) is 5.69 Å². The van der Waals surface area contributed by atoms with Crippen LogP contribution in [-0.2, 0) is 11.2 Å². The van der Waals surface area contributed by atoms with Gasteiger partial charge in [0.25, 0.3) is 0 Å². The number of hydrogen-bond donors (Lipinski definition) is 1. The van der Waals surface area contributed by atoms with E-state index < -0.39 is 0 Å². The van der Waals surface area contributed by atoms with Crippen molar-refractivity contribution in [1.82, 2.24) is 5.32 Å². The maximum Gasteiger partial charge on any atom is 0.223 e. The van der Waals surface area contributed by atoms with E-state index >= 15 is 0 Å². The Morgan fingerprint density at radius 3 is 2.75 bits per heavy atom. The van der Waals surface area contributed by atoms with Crippen LogP contribution in [0, 0.1) is 19.3 Å². The van der Waals surface area contributed by atoms with Crippen LogP contribution in [0.15, 0.2) is 12.1 Å². The third kappa shape index (κ3) is 2.24. The number of amides is 1. The van der Waals surface area contributed by atoms with Crippen molar-refractivity contribution in [2.24, 2.45) is 5.41 Å². The number of benzene rings is 1. The fourth-order valence-corrected chi connectivity index (χ4v) is 4.00. The lowest BCUT2D eigenvalue weighted by molar-refractivity contribution is -0.116. The number of nitrogens with one attached hydrogen (secondary N) is 1. The van der Waals surface area contributed by atoms with E-state index in [9.17, 15) is 4.79 Å². The second kappa shape index (κ2) is 4.88. The van der Waals surface area contributed by atoms with Crippen molar-refractivity contribution in [3.8, 4) is 0 Å². The molecule has 1 aromatic rings. The minimum atomic E-state index is 0.168. The van der Waals surface area contributed by atoms with Crippen molar-refractivity contribution < 1.29 is 4.79 Å². The predicted molar refractivity (Wildman–Crippen MR) is 82.2 cm³/mol. The quantitative estimate of drug-likeness (QED) is 0.787. The van der Waals surface area contributed by atoms with Gasteiger partial charge in [0, 0.05) is 25.7 Å². The SMILES string of the molecule is CC(=O)N1CCC2(CCNC2)Cc2cc(C)cc(C)c21. The van der Waals surface area contributed by atoms with Gasteiger partial charge in [0.05, 0.1) is 0 Å². The van der Waals surface area contributed by atoms with Gasteiger partial charge in [0.1, 0.15) is 0 Å². The molecule has 2 aliphatic rings. The van der Waals surface area contributed by atoms with E-state index in [0.29, 0.717) is 5.41 Å². The summed E-state index contributed by atoms with van der Waals surface area (Å²) in [6.45, 7) is 9.02. The van der Waals surface area contributed by atoms with Crippen LogP contribution in [-0.4, -0.2) is 25.5 Å². The van der Waals surface area contributed by atoms with Crippen molar-refractivity contribution in [2.75, 3.05) is 24.5 Å².